The van der Waals surface area contributed by atoms with Gasteiger partial charge in [-0.2, -0.15) is 0 Å². The summed E-state index contributed by atoms with van der Waals surface area (Å²) in [6.07, 6.45) is 0. The lowest BCUT2D eigenvalue weighted by atomic mass is 9.60. The van der Waals surface area contributed by atoms with E-state index in [-0.39, 0.29) is 17.7 Å². The number of carbonyl (C=O) groups is 3. The summed E-state index contributed by atoms with van der Waals surface area (Å²) in [6, 6.07) is 0.624. The SMILES string of the molecule is CCOC(=O)C1(C(C)=O)C(=O)c2cc(F)c(F)c(Cl)c21. The Bertz CT molecular complexity index is 656. The first-order valence-corrected chi connectivity index (χ1v) is 6.08. The van der Waals surface area contributed by atoms with Crippen molar-refractivity contribution < 1.29 is 27.9 Å². The van der Waals surface area contributed by atoms with Gasteiger partial charge in [0.2, 0.25) is 5.41 Å². The summed E-state index contributed by atoms with van der Waals surface area (Å²) >= 11 is 5.65. The van der Waals surface area contributed by atoms with Crippen LogP contribution in [0.1, 0.15) is 29.8 Å². The Balaban J connectivity index is 2.75. The smallest absolute Gasteiger partial charge is 0.332 e. The molecule has 0 amide bonds. The number of hydrogen-bond donors (Lipinski definition) is 0. The summed E-state index contributed by atoms with van der Waals surface area (Å²) in [6.45, 7) is 2.41. The number of rotatable bonds is 3. The van der Waals surface area contributed by atoms with Gasteiger partial charge in [-0.15, -0.1) is 0 Å². The van der Waals surface area contributed by atoms with E-state index in [0.717, 1.165) is 6.92 Å². The first kappa shape index (κ1) is 14.6. The van der Waals surface area contributed by atoms with Crippen LogP contribution in [0.2, 0.25) is 5.02 Å². The Kier molecular flexibility index (Phi) is 3.37. The average Bonchev–Trinajstić information content (AvgIpc) is 2.38. The van der Waals surface area contributed by atoms with Crippen LogP contribution in [0.25, 0.3) is 0 Å². The fourth-order valence-corrected chi connectivity index (χ4v) is 2.64. The molecule has 0 bridgehead atoms. The van der Waals surface area contributed by atoms with Gasteiger partial charge in [0.1, 0.15) is 0 Å². The van der Waals surface area contributed by atoms with Gasteiger partial charge < -0.3 is 4.74 Å². The number of ether oxygens (including phenoxy) is 1. The van der Waals surface area contributed by atoms with E-state index in [2.05, 4.69) is 0 Å². The van der Waals surface area contributed by atoms with Crippen molar-refractivity contribution in [2.24, 2.45) is 0 Å². The molecule has 7 heteroatoms. The molecule has 1 aliphatic carbocycles. The van der Waals surface area contributed by atoms with E-state index in [4.69, 9.17) is 16.3 Å². The highest BCUT2D eigenvalue weighted by molar-refractivity contribution is 6.43. The van der Waals surface area contributed by atoms with Gasteiger partial charge >= 0.3 is 5.97 Å². The summed E-state index contributed by atoms with van der Waals surface area (Å²) < 4.78 is 31.4. The Morgan fingerprint density at radius 2 is 2.00 bits per heavy atom. The molecular weight excluding hydrogens is 294 g/mol. The third kappa shape index (κ3) is 1.54. The van der Waals surface area contributed by atoms with E-state index >= 15 is 0 Å². The molecule has 4 nitrogen and oxygen atoms in total. The minimum Gasteiger partial charge on any atom is -0.465 e. The van der Waals surface area contributed by atoms with Crippen LogP contribution in [0.15, 0.2) is 6.07 Å². The van der Waals surface area contributed by atoms with Crippen LogP contribution in [-0.4, -0.2) is 24.1 Å². The Morgan fingerprint density at radius 3 is 2.50 bits per heavy atom. The molecule has 1 aromatic carbocycles. The molecule has 20 heavy (non-hydrogen) atoms. The highest BCUT2D eigenvalue weighted by Crippen LogP contribution is 2.48. The zero-order valence-electron chi connectivity index (χ0n) is 10.6. The van der Waals surface area contributed by atoms with E-state index in [1.165, 1.54) is 6.92 Å². The lowest BCUT2D eigenvalue weighted by Crippen LogP contribution is -2.58. The van der Waals surface area contributed by atoms with Gasteiger partial charge in [0, 0.05) is 11.1 Å². The zero-order valence-corrected chi connectivity index (χ0v) is 11.3. The molecule has 0 spiro atoms. The second kappa shape index (κ2) is 4.63. The maximum Gasteiger partial charge on any atom is 0.332 e. The topological polar surface area (TPSA) is 60.4 Å². The highest BCUT2D eigenvalue weighted by atomic mass is 35.5. The maximum atomic E-state index is 13.5. The molecule has 0 aliphatic heterocycles. The number of benzene rings is 1. The molecule has 106 valence electrons. The third-order valence-corrected chi connectivity index (χ3v) is 3.59. The second-order valence-corrected chi connectivity index (χ2v) is 4.64. The fourth-order valence-electron chi connectivity index (χ4n) is 2.31. The van der Waals surface area contributed by atoms with Gasteiger partial charge in [0.25, 0.3) is 0 Å². The van der Waals surface area contributed by atoms with Crippen molar-refractivity contribution >= 4 is 29.1 Å². The van der Waals surface area contributed by atoms with E-state index in [0.29, 0.717) is 6.07 Å². The van der Waals surface area contributed by atoms with Crippen molar-refractivity contribution in [3.8, 4) is 0 Å². The van der Waals surface area contributed by atoms with Crippen LogP contribution in [0.3, 0.4) is 0 Å². The average molecular weight is 303 g/mol. The van der Waals surface area contributed by atoms with Crippen molar-refractivity contribution in [2.75, 3.05) is 6.61 Å². The normalized spacial score (nSPS) is 20.1. The predicted molar refractivity (Wildman–Crippen MR) is 64.7 cm³/mol. The van der Waals surface area contributed by atoms with Gasteiger partial charge in [-0.05, 0) is 19.9 Å². The number of halogens is 3. The molecule has 0 saturated carbocycles. The van der Waals surface area contributed by atoms with Gasteiger partial charge in [0.05, 0.1) is 11.6 Å². The van der Waals surface area contributed by atoms with Crippen molar-refractivity contribution in [3.63, 3.8) is 0 Å². The first-order valence-electron chi connectivity index (χ1n) is 5.71. The molecule has 0 N–H and O–H groups in total. The minimum absolute atomic E-state index is 0.0717. The van der Waals surface area contributed by atoms with Crippen molar-refractivity contribution in [2.45, 2.75) is 19.3 Å². The molecule has 0 heterocycles. The Labute approximate surface area is 117 Å². The largest absolute Gasteiger partial charge is 0.465 e. The van der Waals surface area contributed by atoms with Crippen LogP contribution >= 0.6 is 11.6 Å². The van der Waals surface area contributed by atoms with Crippen LogP contribution in [0, 0.1) is 11.6 Å². The summed E-state index contributed by atoms with van der Waals surface area (Å²) in [5.41, 5.74) is -2.89. The molecule has 1 aliphatic rings. The fraction of sp³-hybridized carbons (Fsp3) is 0.308. The number of ketones is 2. The second-order valence-electron chi connectivity index (χ2n) is 4.26. The Hall–Kier alpha value is -1.82. The van der Waals surface area contributed by atoms with Crippen LogP contribution in [-0.2, 0) is 19.7 Å². The molecular formula is C13H9ClF2O4. The molecule has 0 radical (unpaired) electrons. The molecule has 1 atom stereocenters. The van der Waals surface area contributed by atoms with E-state index < -0.39 is 39.6 Å². The standard InChI is InChI=1S/C13H9ClF2O4/c1-3-20-12(19)13(5(2)17)8-6(11(13)18)4-7(15)10(16)9(8)14/h4H,3H2,1-2H3. The number of Topliss-reactive ketones (excluding diaryl/α,β-unsaturated/α-hetero) is 2. The summed E-state index contributed by atoms with van der Waals surface area (Å²) in [4.78, 5) is 35.8. The van der Waals surface area contributed by atoms with Crippen LogP contribution in [0.4, 0.5) is 8.78 Å². The molecule has 0 aromatic heterocycles. The molecule has 2 rings (SSSR count). The summed E-state index contributed by atoms with van der Waals surface area (Å²) in [5, 5.41) is -0.747. The predicted octanol–water partition coefficient (Wildman–Crippen LogP) is 2.20. The lowest BCUT2D eigenvalue weighted by molar-refractivity contribution is -0.151. The van der Waals surface area contributed by atoms with E-state index in [1.807, 2.05) is 0 Å². The number of hydrogen-bond acceptors (Lipinski definition) is 4. The molecule has 1 unspecified atom stereocenters. The third-order valence-electron chi connectivity index (χ3n) is 3.23. The van der Waals surface area contributed by atoms with Crippen molar-refractivity contribution in [3.05, 3.63) is 33.9 Å². The molecule has 1 aromatic rings. The van der Waals surface area contributed by atoms with Gasteiger partial charge in [-0.3, -0.25) is 14.4 Å². The summed E-state index contributed by atoms with van der Waals surface area (Å²) in [5.74, 6) is -5.63. The van der Waals surface area contributed by atoms with Gasteiger partial charge in [0.15, 0.2) is 23.2 Å². The molecule has 0 saturated heterocycles. The van der Waals surface area contributed by atoms with Crippen molar-refractivity contribution in [1.29, 1.82) is 0 Å². The van der Waals surface area contributed by atoms with Crippen LogP contribution < -0.4 is 0 Å². The lowest BCUT2D eigenvalue weighted by Gasteiger charge is -2.38. The number of fused-ring (bicyclic) bond motifs is 1. The van der Waals surface area contributed by atoms with E-state index in [1.54, 1.807) is 0 Å². The maximum absolute atomic E-state index is 13.5. The van der Waals surface area contributed by atoms with E-state index in [9.17, 15) is 23.2 Å². The zero-order chi connectivity index (χ0) is 15.2. The quantitative estimate of drug-likeness (QED) is 0.488. The highest BCUT2D eigenvalue weighted by Gasteiger charge is 2.64. The van der Waals surface area contributed by atoms with Gasteiger partial charge in [-0.1, -0.05) is 11.6 Å². The first-order chi connectivity index (χ1) is 9.29. The molecule has 0 fully saturated rings. The minimum atomic E-state index is -2.28. The van der Waals surface area contributed by atoms with Gasteiger partial charge in [-0.25, -0.2) is 8.78 Å². The number of esters is 1. The van der Waals surface area contributed by atoms with Crippen LogP contribution in [0.5, 0.6) is 0 Å². The Morgan fingerprint density at radius 1 is 1.40 bits per heavy atom. The van der Waals surface area contributed by atoms with Crippen molar-refractivity contribution in [1.82, 2.24) is 0 Å². The monoisotopic (exact) mass is 302 g/mol. The summed E-state index contributed by atoms with van der Waals surface area (Å²) in [7, 11) is 0. The number of carbonyl (C=O) groups excluding carboxylic acids is 3.